The summed E-state index contributed by atoms with van der Waals surface area (Å²) in [6.07, 6.45) is 1.98. The summed E-state index contributed by atoms with van der Waals surface area (Å²) in [5.41, 5.74) is 3.85. The lowest BCUT2D eigenvalue weighted by atomic mass is 9.44. The van der Waals surface area contributed by atoms with Crippen LogP contribution in [-0.2, 0) is 11.3 Å². The Labute approximate surface area is 207 Å². The van der Waals surface area contributed by atoms with Gasteiger partial charge < -0.3 is 15.4 Å². The fourth-order valence-electron chi connectivity index (χ4n) is 4.80. The summed E-state index contributed by atoms with van der Waals surface area (Å²) < 4.78 is 18.8. The summed E-state index contributed by atoms with van der Waals surface area (Å²) >= 11 is 5.64. The number of rotatable bonds is 12. The first-order valence-electron chi connectivity index (χ1n) is 11.3. The number of hydrazine groups is 1. The first-order valence-corrected chi connectivity index (χ1v) is 11.7. The third-order valence-electron chi connectivity index (χ3n) is 6.40. The van der Waals surface area contributed by atoms with Gasteiger partial charge in [0.15, 0.2) is 6.61 Å². The van der Waals surface area contributed by atoms with Crippen LogP contribution in [0.4, 0.5) is 4.39 Å². The molecule has 3 fully saturated rings. The van der Waals surface area contributed by atoms with Gasteiger partial charge in [0.2, 0.25) is 0 Å². The number of nitrogens with zero attached hydrogens (tertiary/aromatic N) is 2. The van der Waals surface area contributed by atoms with Crippen molar-refractivity contribution < 1.29 is 18.7 Å². The second-order valence-electron chi connectivity index (χ2n) is 9.11. The molecule has 0 aromatic heterocycles. The highest BCUT2D eigenvalue weighted by Crippen LogP contribution is 2.60. The molecular weight excluding hydrogens is 477 g/mol. The Hall–Kier alpha value is -3.08. The number of benzene rings is 2. The van der Waals surface area contributed by atoms with E-state index in [9.17, 15) is 18.9 Å². The first kappa shape index (κ1) is 25.0. The van der Waals surface area contributed by atoms with Crippen LogP contribution in [-0.4, -0.2) is 47.7 Å². The molecule has 2 bridgehead atoms. The lowest BCUT2D eigenvalue weighted by molar-refractivity contribution is -0.141. The van der Waals surface area contributed by atoms with E-state index >= 15 is 0 Å². The van der Waals surface area contributed by atoms with Gasteiger partial charge in [-0.1, -0.05) is 35.8 Å². The molecule has 0 heterocycles. The van der Waals surface area contributed by atoms with Gasteiger partial charge in [0, 0.05) is 35.8 Å². The Morgan fingerprint density at radius 3 is 2.43 bits per heavy atom. The second-order valence-corrected chi connectivity index (χ2v) is 9.52. The van der Waals surface area contributed by atoms with Gasteiger partial charge in [-0.15, -0.1) is 4.91 Å². The van der Waals surface area contributed by atoms with Gasteiger partial charge in [0.25, 0.3) is 11.8 Å². The van der Waals surface area contributed by atoms with Crippen LogP contribution in [0.5, 0.6) is 5.75 Å². The van der Waals surface area contributed by atoms with E-state index in [0.29, 0.717) is 37.9 Å². The Kier molecular flexibility index (Phi) is 7.34. The molecule has 0 radical (unpaired) electrons. The Balaban J connectivity index is 1.20. The fourth-order valence-corrected chi connectivity index (χ4v) is 4.92. The first-order chi connectivity index (χ1) is 16.8. The van der Waals surface area contributed by atoms with Crippen LogP contribution in [0.25, 0.3) is 0 Å². The summed E-state index contributed by atoms with van der Waals surface area (Å²) in [6.45, 7) is 3.02. The summed E-state index contributed by atoms with van der Waals surface area (Å²) in [5.74, 6) is -0.829. The molecule has 0 saturated heterocycles. The van der Waals surface area contributed by atoms with Crippen LogP contribution in [0.3, 0.4) is 0 Å². The van der Waals surface area contributed by atoms with Gasteiger partial charge in [-0.05, 0) is 49.1 Å². The van der Waals surface area contributed by atoms with E-state index in [4.69, 9.17) is 16.3 Å². The molecule has 0 atom stereocenters. The summed E-state index contributed by atoms with van der Waals surface area (Å²) in [6, 6.07) is 11.3. The van der Waals surface area contributed by atoms with Crippen molar-refractivity contribution in [3.8, 4) is 5.75 Å². The van der Waals surface area contributed by atoms with Gasteiger partial charge >= 0.3 is 0 Å². The van der Waals surface area contributed by atoms with E-state index in [1.807, 2.05) is 24.1 Å². The Morgan fingerprint density at radius 2 is 1.80 bits per heavy atom. The van der Waals surface area contributed by atoms with E-state index in [-0.39, 0.29) is 46.9 Å². The zero-order chi connectivity index (χ0) is 25.1. The van der Waals surface area contributed by atoms with Crippen molar-refractivity contribution in [3.63, 3.8) is 0 Å². The van der Waals surface area contributed by atoms with Crippen LogP contribution in [0.15, 0.2) is 47.6 Å². The van der Waals surface area contributed by atoms with E-state index in [0.717, 1.165) is 11.6 Å². The summed E-state index contributed by atoms with van der Waals surface area (Å²) in [7, 11) is 0. The molecule has 9 nitrogen and oxygen atoms in total. The molecule has 11 heteroatoms. The minimum atomic E-state index is -0.608. The predicted molar refractivity (Wildman–Crippen MR) is 128 cm³/mol. The van der Waals surface area contributed by atoms with Crippen molar-refractivity contribution in [3.05, 3.63) is 69.3 Å². The molecule has 3 saturated carbocycles. The monoisotopic (exact) mass is 503 g/mol. The number of carbonyl (C=O) groups excluding carboxylic acids is 2. The van der Waals surface area contributed by atoms with Crippen LogP contribution in [0.2, 0.25) is 5.02 Å². The average Bonchev–Trinajstić information content (AvgIpc) is 2.80. The normalized spacial score (nSPS) is 22.1. The number of nitrogens with one attached hydrogen (secondary N) is 3. The van der Waals surface area contributed by atoms with Crippen LogP contribution in [0.1, 0.15) is 42.1 Å². The average molecular weight is 504 g/mol. The third kappa shape index (κ3) is 5.77. The minimum absolute atomic E-state index is 0.00765. The summed E-state index contributed by atoms with van der Waals surface area (Å²) in [5, 5.41) is 10.7. The Bertz CT molecular complexity index is 1090. The van der Waals surface area contributed by atoms with Crippen molar-refractivity contribution in [2.75, 3.05) is 19.8 Å². The number of carbonyl (C=O) groups is 2. The summed E-state index contributed by atoms with van der Waals surface area (Å²) in [4.78, 5) is 35.3. The smallest absolute Gasteiger partial charge is 0.258 e. The van der Waals surface area contributed by atoms with Crippen LogP contribution in [0, 0.1) is 10.7 Å². The van der Waals surface area contributed by atoms with E-state index in [1.165, 1.54) is 12.1 Å². The molecule has 35 heavy (non-hydrogen) atoms. The molecule has 0 aliphatic heterocycles. The number of ether oxygens (including phenoxy) is 1. The number of hydrogen-bond acceptors (Lipinski definition) is 7. The number of amides is 2. The van der Waals surface area contributed by atoms with Crippen LogP contribution >= 0.6 is 11.6 Å². The molecule has 0 unspecified atom stereocenters. The van der Waals surface area contributed by atoms with Crippen molar-refractivity contribution in [2.45, 2.75) is 43.8 Å². The molecule has 186 valence electrons. The fraction of sp³-hybridized carbons (Fsp3) is 0.417. The maximum absolute atomic E-state index is 13.5. The van der Waals surface area contributed by atoms with Crippen LogP contribution < -0.4 is 20.8 Å². The van der Waals surface area contributed by atoms with Crippen molar-refractivity contribution >= 4 is 23.4 Å². The minimum Gasteiger partial charge on any atom is -0.484 e. The molecule has 3 aliphatic rings. The van der Waals surface area contributed by atoms with E-state index in [2.05, 4.69) is 21.2 Å². The van der Waals surface area contributed by atoms with Crippen molar-refractivity contribution in [1.29, 1.82) is 0 Å². The Morgan fingerprint density at radius 1 is 1.11 bits per heavy atom. The standard InChI is InChI=1S/C24H27ClFN5O4/c1-2-31(27-15-28-34)10-16-3-5-17(6-4-16)22(33)30-24-12-23(13-24,14-24)29-21(32)11-35-18-7-8-19(25)20(26)9-18/h3-9,27H,2,10-15H2,1H3,(H,29,32)(H,30,33). The molecule has 3 aliphatic carbocycles. The highest BCUT2D eigenvalue weighted by atomic mass is 35.5. The van der Waals surface area contributed by atoms with Gasteiger partial charge in [0.05, 0.1) is 5.02 Å². The highest BCUT2D eigenvalue weighted by Gasteiger charge is 2.69. The molecule has 2 aromatic carbocycles. The number of halogens is 2. The number of nitroso groups, excluding NO2 is 1. The van der Waals surface area contributed by atoms with Crippen molar-refractivity contribution in [2.24, 2.45) is 5.18 Å². The predicted octanol–water partition coefficient (Wildman–Crippen LogP) is 3.13. The molecule has 0 spiro atoms. The van der Waals surface area contributed by atoms with Crippen molar-refractivity contribution in [1.82, 2.24) is 21.1 Å². The number of hydrogen-bond donors (Lipinski definition) is 3. The molecule has 2 aromatic rings. The largest absolute Gasteiger partial charge is 0.484 e. The zero-order valence-electron chi connectivity index (χ0n) is 19.3. The van der Waals surface area contributed by atoms with Gasteiger partial charge in [-0.25, -0.2) is 14.8 Å². The van der Waals surface area contributed by atoms with Gasteiger partial charge in [-0.2, -0.15) is 0 Å². The maximum atomic E-state index is 13.5. The van der Waals surface area contributed by atoms with E-state index in [1.54, 1.807) is 12.1 Å². The topological polar surface area (TPSA) is 112 Å². The zero-order valence-corrected chi connectivity index (χ0v) is 20.0. The molecule has 5 rings (SSSR count). The highest BCUT2D eigenvalue weighted by molar-refractivity contribution is 6.30. The second kappa shape index (κ2) is 10.3. The third-order valence-corrected chi connectivity index (χ3v) is 6.71. The van der Waals surface area contributed by atoms with Gasteiger partial charge in [0.1, 0.15) is 18.2 Å². The molecular formula is C24H27ClFN5O4. The maximum Gasteiger partial charge on any atom is 0.258 e. The van der Waals surface area contributed by atoms with E-state index < -0.39 is 5.82 Å². The lowest BCUT2D eigenvalue weighted by Gasteiger charge is -2.70. The van der Waals surface area contributed by atoms with Gasteiger partial charge in [-0.3, -0.25) is 9.59 Å². The SMILES string of the molecule is CCN(Cc1ccc(C(=O)NC23CC(NC(=O)COc4ccc(Cl)c(F)c4)(C2)C3)cc1)NCN=O. The molecule has 2 amide bonds. The lowest BCUT2D eigenvalue weighted by Crippen LogP contribution is -2.84. The quantitative estimate of drug-likeness (QED) is 0.303. The molecule has 3 N–H and O–H groups in total.